The Morgan fingerprint density at radius 2 is 2.17 bits per heavy atom. The molecule has 3 rings (SSSR count). The van der Waals surface area contributed by atoms with Gasteiger partial charge in [-0.2, -0.15) is 0 Å². The fourth-order valence-corrected chi connectivity index (χ4v) is 2.75. The predicted molar refractivity (Wildman–Crippen MR) is 93.8 cm³/mol. The van der Waals surface area contributed by atoms with Crippen molar-refractivity contribution in [3.8, 4) is 11.6 Å². The summed E-state index contributed by atoms with van der Waals surface area (Å²) in [6, 6.07) is 8.15. The highest BCUT2D eigenvalue weighted by Crippen LogP contribution is 2.32. The zero-order chi connectivity index (χ0) is 17.1. The van der Waals surface area contributed by atoms with Gasteiger partial charge in [-0.05, 0) is 49.1 Å². The van der Waals surface area contributed by atoms with Crippen molar-refractivity contribution in [1.29, 1.82) is 0 Å². The molecular weight excluding hydrogens is 349 g/mol. The van der Waals surface area contributed by atoms with Crippen molar-refractivity contribution in [2.24, 2.45) is 11.7 Å². The Hall–Kier alpha value is -1.82. The summed E-state index contributed by atoms with van der Waals surface area (Å²) in [5.41, 5.74) is 6.33. The molecule has 24 heavy (non-hydrogen) atoms. The van der Waals surface area contributed by atoms with E-state index in [1.807, 2.05) is 0 Å². The largest absolute Gasteiger partial charge is 0.437 e. The van der Waals surface area contributed by atoms with Crippen molar-refractivity contribution in [2.45, 2.75) is 18.9 Å². The van der Waals surface area contributed by atoms with Crippen LogP contribution in [0.5, 0.6) is 11.6 Å². The molecule has 0 radical (unpaired) electrons. The van der Waals surface area contributed by atoms with Crippen molar-refractivity contribution in [3.63, 3.8) is 0 Å². The fourth-order valence-electron chi connectivity index (χ4n) is 2.30. The van der Waals surface area contributed by atoms with Gasteiger partial charge in [0.25, 0.3) is 5.91 Å². The molecular formula is C17H17Cl2N3O2. The van der Waals surface area contributed by atoms with Crippen LogP contribution in [0.2, 0.25) is 10.0 Å². The number of hydrogen-bond acceptors (Lipinski definition) is 4. The van der Waals surface area contributed by atoms with Gasteiger partial charge in [0.1, 0.15) is 11.3 Å². The van der Waals surface area contributed by atoms with Gasteiger partial charge in [-0.3, -0.25) is 4.79 Å². The van der Waals surface area contributed by atoms with Crippen LogP contribution in [0.3, 0.4) is 0 Å². The standard InChI is InChI=1S/C17H17Cl2N3O2/c18-11-5-6-15(13(19)8-11)24-17-12(2-1-7-21-17)16(23)22-9-14(20)10-3-4-10/h1-2,5-8,10,14H,3-4,9,20H2,(H,22,23). The average molecular weight is 366 g/mol. The Morgan fingerprint density at radius 1 is 1.38 bits per heavy atom. The maximum Gasteiger partial charge on any atom is 0.256 e. The van der Waals surface area contributed by atoms with Crippen LogP contribution in [-0.2, 0) is 0 Å². The van der Waals surface area contributed by atoms with Crippen LogP contribution < -0.4 is 15.8 Å². The van der Waals surface area contributed by atoms with Crippen LogP contribution in [0, 0.1) is 5.92 Å². The monoisotopic (exact) mass is 365 g/mol. The number of rotatable bonds is 6. The second-order valence-electron chi connectivity index (χ2n) is 5.74. The molecule has 1 aromatic heterocycles. The molecule has 1 unspecified atom stereocenters. The minimum atomic E-state index is -0.278. The van der Waals surface area contributed by atoms with Crippen LogP contribution in [-0.4, -0.2) is 23.5 Å². The topological polar surface area (TPSA) is 77.2 Å². The lowest BCUT2D eigenvalue weighted by atomic mass is 10.2. The Balaban J connectivity index is 1.73. The normalized spacial score (nSPS) is 15.0. The van der Waals surface area contributed by atoms with E-state index in [1.54, 1.807) is 36.5 Å². The number of nitrogens with one attached hydrogen (secondary N) is 1. The van der Waals surface area contributed by atoms with Crippen LogP contribution >= 0.6 is 23.2 Å². The maximum atomic E-state index is 12.4. The van der Waals surface area contributed by atoms with E-state index in [2.05, 4.69) is 10.3 Å². The molecule has 0 bridgehead atoms. The minimum Gasteiger partial charge on any atom is -0.437 e. The van der Waals surface area contributed by atoms with Gasteiger partial charge in [0.2, 0.25) is 5.88 Å². The van der Waals surface area contributed by atoms with Crippen molar-refractivity contribution >= 4 is 29.1 Å². The highest BCUT2D eigenvalue weighted by atomic mass is 35.5. The lowest BCUT2D eigenvalue weighted by Crippen LogP contribution is -2.38. The lowest BCUT2D eigenvalue weighted by molar-refractivity contribution is 0.0947. The number of carbonyl (C=O) groups is 1. The number of nitrogens with zero attached hydrogens (tertiary/aromatic N) is 1. The number of amides is 1. The van der Waals surface area contributed by atoms with Crippen LogP contribution in [0.1, 0.15) is 23.2 Å². The summed E-state index contributed by atoms with van der Waals surface area (Å²) in [6.07, 6.45) is 3.81. The smallest absolute Gasteiger partial charge is 0.256 e. The second-order valence-corrected chi connectivity index (χ2v) is 6.59. The number of ether oxygens (including phenoxy) is 1. The number of pyridine rings is 1. The summed E-state index contributed by atoms with van der Waals surface area (Å²) >= 11 is 12.0. The second kappa shape index (κ2) is 7.38. The SMILES string of the molecule is NC(CNC(=O)c1cccnc1Oc1ccc(Cl)cc1Cl)C1CC1. The number of benzene rings is 1. The number of hydrogen-bond donors (Lipinski definition) is 2. The molecule has 1 amide bonds. The summed E-state index contributed by atoms with van der Waals surface area (Å²) < 4.78 is 5.69. The van der Waals surface area contributed by atoms with Crippen molar-refractivity contribution < 1.29 is 9.53 Å². The van der Waals surface area contributed by atoms with Crippen molar-refractivity contribution in [2.75, 3.05) is 6.54 Å². The fraction of sp³-hybridized carbons (Fsp3) is 0.294. The summed E-state index contributed by atoms with van der Waals surface area (Å²) in [5, 5.41) is 3.68. The molecule has 1 fully saturated rings. The third-order valence-corrected chi connectivity index (χ3v) is 4.37. The van der Waals surface area contributed by atoms with E-state index in [0.717, 1.165) is 12.8 Å². The Kier molecular flexibility index (Phi) is 5.23. The highest BCUT2D eigenvalue weighted by molar-refractivity contribution is 6.35. The van der Waals surface area contributed by atoms with Gasteiger partial charge in [0.05, 0.1) is 5.02 Å². The van der Waals surface area contributed by atoms with Crippen molar-refractivity contribution in [1.82, 2.24) is 10.3 Å². The third-order valence-electron chi connectivity index (χ3n) is 3.84. The lowest BCUT2D eigenvalue weighted by Gasteiger charge is -2.14. The zero-order valence-corrected chi connectivity index (χ0v) is 14.3. The van der Waals surface area contributed by atoms with Crippen LogP contribution in [0.25, 0.3) is 0 Å². The van der Waals surface area contributed by atoms with Gasteiger partial charge in [0.15, 0.2) is 0 Å². The number of aromatic nitrogens is 1. The molecule has 7 heteroatoms. The molecule has 1 heterocycles. The van der Waals surface area contributed by atoms with Gasteiger partial charge in [-0.25, -0.2) is 4.98 Å². The van der Waals surface area contributed by atoms with E-state index in [9.17, 15) is 4.79 Å². The van der Waals surface area contributed by atoms with E-state index < -0.39 is 0 Å². The Bertz CT molecular complexity index is 750. The Labute approximate surface area is 150 Å². The number of halogens is 2. The van der Waals surface area contributed by atoms with Crippen molar-refractivity contribution in [3.05, 3.63) is 52.1 Å². The van der Waals surface area contributed by atoms with E-state index in [-0.39, 0.29) is 17.8 Å². The molecule has 1 aliphatic carbocycles. The number of nitrogens with two attached hydrogens (primary N) is 1. The quantitative estimate of drug-likeness (QED) is 0.818. The van der Waals surface area contributed by atoms with E-state index in [1.165, 1.54) is 0 Å². The maximum absolute atomic E-state index is 12.4. The molecule has 0 spiro atoms. The van der Waals surface area contributed by atoms with Gasteiger partial charge in [-0.1, -0.05) is 23.2 Å². The summed E-state index contributed by atoms with van der Waals surface area (Å²) in [6.45, 7) is 0.430. The molecule has 0 aliphatic heterocycles. The van der Waals surface area contributed by atoms with Crippen LogP contribution in [0.15, 0.2) is 36.5 Å². The van der Waals surface area contributed by atoms with Gasteiger partial charge >= 0.3 is 0 Å². The average Bonchev–Trinajstić information content (AvgIpc) is 3.40. The van der Waals surface area contributed by atoms with Gasteiger partial charge in [0, 0.05) is 23.8 Å². The first-order valence-corrected chi connectivity index (χ1v) is 8.42. The zero-order valence-electron chi connectivity index (χ0n) is 12.8. The predicted octanol–water partition coefficient (Wildman–Crippen LogP) is 3.65. The van der Waals surface area contributed by atoms with Gasteiger partial charge in [-0.15, -0.1) is 0 Å². The minimum absolute atomic E-state index is 0.0132. The third kappa shape index (κ3) is 4.17. The molecule has 1 aromatic carbocycles. The molecule has 1 atom stereocenters. The molecule has 1 saturated carbocycles. The summed E-state index contributed by atoms with van der Waals surface area (Å²) in [4.78, 5) is 16.5. The first-order chi connectivity index (χ1) is 11.5. The summed E-state index contributed by atoms with van der Waals surface area (Å²) in [7, 11) is 0. The molecule has 2 aromatic rings. The number of carbonyl (C=O) groups excluding carboxylic acids is 1. The first kappa shape index (κ1) is 17.0. The molecule has 0 saturated heterocycles. The molecule has 126 valence electrons. The molecule has 5 nitrogen and oxygen atoms in total. The van der Waals surface area contributed by atoms with E-state index in [0.29, 0.717) is 33.8 Å². The summed E-state index contributed by atoms with van der Waals surface area (Å²) in [5.74, 6) is 0.796. The Morgan fingerprint density at radius 3 is 2.88 bits per heavy atom. The first-order valence-electron chi connectivity index (χ1n) is 7.66. The van der Waals surface area contributed by atoms with Crippen LogP contribution in [0.4, 0.5) is 0 Å². The van der Waals surface area contributed by atoms with E-state index in [4.69, 9.17) is 33.7 Å². The highest BCUT2D eigenvalue weighted by Gasteiger charge is 2.28. The molecule has 1 aliphatic rings. The van der Waals surface area contributed by atoms with Gasteiger partial charge < -0.3 is 15.8 Å². The molecule has 3 N–H and O–H groups in total. The van der Waals surface area contributed by atoms with E-state index >= 15 is 0 Å².